The number of fused-ring (bicyclic) bond motifs is 1. The molecule has 7 nitrogen and oxygen atoms in total. The van der Waals surface area contributed by atoms with E-state index in [2.05, 4.69) is 16.1 Å². The Morgan fingerprint density at radius 2 is 2.00 bits per heavy atom. The number of rotatable bonds is 6. The van der Waals surface area contributed by atoms with Crippen molar-refractivity contribution in [1.82, 2.24) is 4.90 Å². The summed E-state index contributed by atoms with van der Waals surface area (Å²) in [5.41, 5.74) is 8.94. The second-order valence-electron chi connectivity index (χ2n) is 6.65. The van der Waals surface area contributed by atoms with Crippen molar-refractivity contribution < 1.29 is 19.0 Å². The van der Waals surface area contributed by atoms with E-state index in [0.29, 0.717) is 22.4 Å². The number of nitrogens with two attached hydrogens (primary N) is 1. The summed E-state index contributed by atoms with van der Waals surface area (Å²) in [5, 5.41) is 4.53. The Hall–Kier alpha value is -2.48. The lowest BCUT2D eigenvalue weighted by molar-refractivity contribution is 0.0342. The molecule has 2 heterocycles. The molecule has 0 aliphatic carbocycles. The van der Waals surface area contributed by atoms with Gasteiger partial charge < -0.3 is 24.8 Å². The first-order valence-electron chi connectivity index (χ1n) is 9.12. The standard InChI is InChI=1S/C20H22ClN3O4/c21-17-9-15(10-18-19(17)27-13-26-18)12-28-23-20(22)16-3-1-2-14(8-16)11-24-4-6-25-7-5-24/h1-3,8-10H,4-7,11-13H2,(H2,22,23). The van der Waals surface area contributed by atoms with E-state index in [1.54, 1.807) is 6.07 Å². The summed E-state index contributed by atoms with van der Waals surface area (Å²) in [4.78, 5) is 7.78. The van der Waals surface area contributed by atoms with E-state index in [0.717, 1.165) is 44.0 Å². The molecule has 1 saturated heterocycles. The van der Waals surface area contributed by atoms with Crippen molar-refractivity contribution in [3.63, 3.8) is 0 Å². The minimum atomic E-state index is 0.172. The number of halogens is 1. The highest BCUT2D eigenvalue weighted by Crippen LogP contribution is 2.39. The van der Waals surface area contributed by atoms with E-state index >= 15 is 0 Å². The Kier molecular flexibility index (Phi) is 5.85. The minimum Gasteiger partial charge on any atom is -0.454 e. The van der Waals surface area contributed by atoms with Crippen LogP contribution in [0.5, 0.6) is 11.5 Å². The van der Waals surface area contributed by atoms with Gasteiger partial charge in [-0.25, -0.2) is 0 Å². The number of benzene rings is 2. The van der Waals surface area contributed by atoms with E-state index in [4.69, 9.17) is 36.4 Å². The number of morpholine rings is 1. The zero-order valence-corrected chi connectivity index (χ0v) is 16.2. The molecule has 0 unspecified atom stereocenters. The predicted molar refractivity (Wildman–Crippen MR) is 106 cm³/mol. The van der Waals surface area contributed by atoms with E-state index in [1.165, 1.54) is 5.56 Å². The molecule has 0 saturated carbocycles. The van der Waals surface area contributed by atoms with Gasteiger partial charge in [0.05, 0.1) is 18.2 Å². The Balaban J connectivity index is 1.37. The van der Waals surface area contributed by atoms with Crippen LogP contribution in [-0.4, -0.2) is 43.8 Å². The molecule has 148 valence electrons. The maximum absolute atomic E-state index is 6.18. The lowest BCUT2D eigenvalue weighted by Gasteiger charge is -2.26. The number of oxime groups is 1. The fourth-order valence-corrected chi connectivity index (χ4v) is 3.47. The first kappa shape index (κ1) is 18.9. The smallest absolute Gasteiger partial charge is 0.231 e. The quantitative estimate of drug-likeness (QED) is 0.454. The van der Waals surface area contributed by atoms with Crippen LogP contribution in [0.2, 0.25) is 5.02 Å². The van der Waals surface area contributed by atoms with Crippen LogP contribution in [0.3, 0.4) is 0 Å². The number of hydrogen-bond acceptors (Lipinski definition) is 6. The SMILES string of the molecule is N/C(=N/OCc1cc(Cl)c2c(c1)OCO2)c1cccc(CN2CCOCC2)c1. The molecule has 1 fully saturated rings. The molecule has 2 N–H and O–H groups in total. The Morgan fingerprint density at radius 3 is 2.86 bits per heavy atom. The second kappa shape index (κ2) is 8.68. The number of hydrogen-bond donors (Lipinski definition) is 1. The van der Waals surface area contributed by atoms with Gasteiger partial charge in [-0.2, -0.15) is 0 Å². The minimum absolute atomic E-state index is 0.172. The second-order valence-corrected chi connectivity index (χ2v) is 7.06. The van der Waals surface area contributed by atoms with Crippen LogP contribution in [0.4, 0.5) is 0 Å². The first-order chi connectivity index (χ1) is 13.7. The highest BCUT2D eigenvalue weighted by molar-refractivity contribution is 6.32. The predicted octanol–water partition coefficient (Wildman–Crippen LogP) is 2.74. The van der Waals surface area contributed by atoms with E-state index < -0.39 is 0 Å². The molecule has 0 radical (unpaired) electrons. The van der Waals surface area contributed by atoms with Crippen LogP contribution in [0.25, 0.3) is 0 Å². The lowest BCUT2D eigenvalue weighted by Crippen LogP contribution is -2.35. The molecule has 0 spiro atoms. The molecular weight excluding hydrogens is 382 g/mol. The summed E-state index contributed by atoms with van der Waals surface area (Å²) in [7, 11) is 0. The average molecular weight is 404 g/mol. The van der Waals surface area contributed by atoms with E-state index in [1.807, 2.05) is 24.3 Å². The third-order valence-electron chi connectivity index (χ3n) is 4.61. The fraction of sp³-hybridized carbons (Fsp3) is 0.350. The molecule has 0 aromatic heterocycles. The van der Waals surface area contributed by atoms with Crippen molar-refractivity contribution in [2.24, 2.45) is 10.9 Å². The van der Waals surface area contributed by atoms with Gasteiger partial charge in [-0.1, -0.05) is 35.0 Å². The van der Waals surface area contributed by atoms with Gasteiger partial charge in [0, 0.05) is 25.2 Å². The summed E-state index contributed by atoms with van der Waals surface area (Å²) in [5.74, 6) is 1.50. The van der Waals surface area contributed by atoms with Crippen LogP contribution in [0.1, 0.15) is 16.7 Å². The van der Waals surface area contributed by atoms with Crippen LogP contribution in [-0.2, 0) is 22.7 Å². The van der Waals surface area contributed by atoms with Gasteiger partial charge in [0.15, 0.2) is 17.3 Å². The van der Waals surface area contributed by atoms with Gasteiger partial charge in [-0.05, 0) is 29.3 Å². The highest BCUT2D eigenvalue weighted by Gasteiger charge is 2.18. The molecule has 2 aliphatic rings. The van der Waals surface area contributed by atoms with Gasteiger partial charge in [0.25, 0.3) is 0 Å². The third kappa shape index (κ3) is 4.49. The molecule has 0 bridgehead atoms. The summed E-state index contributed by atoms with van der Waals surface area (Å²) in [6.07, 6.45) is 0. The molecule has 0 atom stereocenters. The molecule has 0 amide bonds. The Morgan fingerprint density at radius 1 is 1.14 bits per heavy atom. The lowest BCUT2D eigenvalue weighted by atomic mass is 10.1. The first-order valence-corrected chi connectivity index (χ1v) is 9.50. The van der Waals surface area contributed by atoms with Crippen molar-refractivity contribution in [1.29, 1.82) is 0 Å². The molecular formula is C20H22ClN3O4. The summed E-state index contributed by atoms with van der Waals surface area (Å²) in [6, 6.07) is 11.6. The van der Waals surface area contributed by atoms with Gasteiger partial charge in [-0.15, -0.1) is 0 Å². The summed E-state index contributed by atoms with van der Waals surface area (Å²) in [6.45, 7) is 4.70. The molecule has 2 aliphatic heterocycles. The highest BCUT2D eigenvalue weighted by atomic mass is 35.5. The molecule has 8 heteroatoms. The molecule has 28 heavy (non-hydrogen) atoms. The largest absolute Gasteiger partial charge is 0.454 e. The summed E-state index contributed by atoms with van der Waals surface area (Å²) >= 11 is 6.18. The van der Waals surface area contributed by atoms with Crippen LogP contribution in [0.15, 0.2) is 41.6 Å². The zero-order valence-electron chi connectivity index (χ0n) is 15.4. The van der Waals surface area contributed by atoms with Crippen molar-refractivity contribution in [2.45, 2.75) is 13.2 Å². The zero-order chi connectivity index (χ0) is 19.3. The topological polar surface area (TPSA) is 78.5 Å². The molecule has 4 rings (SSSR count). The fourth-order valence-electron chi connectivity index (χ4n) is 3.18. The Bertz CT molecular complexity index is 869. The van der Waals surface area contributed by atoms with Gasteiger partial charge in [-0.3, -0.25) is 4.90 Å². The van der Waals surface area contributed by atoms with Crippen LogP contribution in [0, 0.1) is 0 Å². The van der Waals surface area contributed by atoms with Crippen LogP contribution < -0.4 is 15.2 Å². The summed E-state index contributed by atoms with van der Waals surface area (Å²) < 4.78 is 16.0. The third-order valence-corrected chi connectivity index (χ3v) is 4.89. The maximum Gasteiger partial charge on any atom is 0.231 e. The van der Waals surface area contributed by atoms with Crippen molar-refractivity contribution in [3.8, 4) is 11.5 Å². The molecule has 2 aromatic carbocycles. The van der Waals surface area contributed by atoms with Crippen LogP contribution >= 0.6 is 11.6 Å². The van der Waals surface area contributed by atoms with Gasteiger partial charge in [0.2, 0.25) is 6.79 Å². The maximum atomic E-state index is 6.18. The van der Waals surface area contributed by atoms with E-state index in [-0.39, 0.29) is 13.4 Å². The number of amidine groups is 1. The molecule has 2 aromatic rings. The van der Waals surface area contributed by atoms with E-state index in [9.17, 15) is 0 Å². The van der Waals surface area contributed by atoms with Gasteiger partial charge in [0.1, 0.15) is 6.61 Å². The average Bonchev–Trinajstić information content (AvgIpc) is 3.18. The normalized spacial score (nSPS) is 17.0. The number of ether oxygens (including phenoxy) is 3. The van der Waals surface area contributed by atoms with Gasteiger partial charge >= 0.3 is 0 Å². The number of nitrogens with zero attached hydrogens (tertiary/aromatic N) is 2. The Labute approximate surface area is 168 Å². The van der Waals surface area contributed by atoms with Crippen molar-refractivity contribution >= 4 is 17.4 Å². The van der Waals surface area contributed by atoms with Crippen molar-refractivity contribution in [3.05, 3.63) is 58.1 Å². The monoisotopic (exact) mass is 403 g/mol. The van der Waals surface area contributed by atoms with Crippen molar-refractivity contribution in [2.75, 3.05) is 33.1 Å².